The van der Waals surface area contributed by atoms with Crippen LogP contribution < -0.4 is 5.32 Å². The van der Waals surface area contributed by atoms with Crippen molar-refractivity contribution >= 4 is 34.4 Å². The van der Waals surface area contributed by atoms with E-state index in [-0.39, 0.29) is 10.6 Å². The molecule has 1 N–H and O–H groups in total. The first-order chi connectivity index (χ1) is 13.0. The number of allylic oxidation sites excluding steroid dienone is 1. The number of halogens is 11. The number of nitrogens with zero attached hydrogens (tertiary/aromatic N) is 1. The highest BCUT2D eigenvalue weighted by Crippen LogP contribution is 2.59. The number of carbonyl (C=O) groups excluding carboxylic acids is 1. The smallest absolute Gasteiger partial charge is 0.301 e. The highest BCUT2D eigenvalue weighted by molar-refractivity contribution is 8.17. The van der Waals surface area contributed by atoms with Gasteiger partial charge in [0.2, 0.25) is 5.83 Å². The van der Waals surface area contributed by atoms with Crippen molar-refractivity contribution in [2.75, 3.05) is 0 Å². The number of hydrogen-bond donors (Lipinski definition) is 1. The molecular weight excluding hydrogens is 470 g/mol. The zero-order chi connectivity index (χ0) is 22.4. The molecular formula is C14H5ClF10N2OS. The Balaban J connectivity index is 2.61. The first-order valence-corrected chi connectivity index (χ1v) is 8.15. The predicted octanol–water partition coefficient (Wildman–Crippen LogP) is 5.78. The first kappa shape index (κ1) is 23.3. The normalized spacial score (nSPS) is 19.1. The van der Waals surface area contributed by atoms with E-state index in [1.165, 1.54) is 17.4 Å². The van der Waals surface area contributed by atoms with Crippen molar-refractivity contribution in [2.24, 2.45) is 4.99 Å². The van der Waals surface area contributed by atoms with Crippen LogP contribution >= 0.6 is 23.4 Å². The summed E-state index contributed by atoms with van der Waals surface area (Å²) in [4.78, 5) is 11.4. The lowest BCUT2D eigenvalue weighted by atomic mass is 9.97. The molecule has 15 heteroatoms. The Bertz CT molecular complexity index is 874. The molecule has 0 bridgehead atoms. The van der Waals surface area contributed by atoms with Gasteiger partial charge in [0.25, 0.3) is 11.4 Å². The quantitative estimate of drug-likeness (QED) is 0.524. The lowest BCUT2D eigenvalue weighted by Crippen LogP contribution is -2.55. The largest absolute Gasteiger partial charge is 0.443 e. The van der Waals surface area contributed by atoms with E-state index in [1.54, 1.807) is 0 Å². The van der Waals surface area contributed by atoms with Crippen LogP contribution in [0.3, 0.4) is 0 Å². The van der Waals surface area contributed by atoms with Crippen LogP contribution in [0.15, 0.2) is 40.0 Å². The Morgan fingerprint density at radius 2 is 1.59 bits per heavy atom. The molecule has 2 rings (SSSR count). The van der Waals surface area contributed by atoms with Crippen molar-refractivity contribution in [1.29, 1.82) is 0 Å². The van der Waals surface area contributed by atoms with Crippen molar-refractivity contribution in [2.45, 2.75) is 24.1 Å². The van der Waals surface area contributed by atoms with Crippen molar-refractivity contribution in [3.8, 4) is 0 Å². The van der Waals surface area contributed by atoms with Gasteiger partial charge in [0.05, 0.1) is 4.91 Å². The fraction of sp³-hybridized carbons (Fsp3) is 0.286. The Hall–Kier alpha value is -1.96. The summed E-state index contributed by atoms with van der Waals surface area (Å²) in [6.07, 6.45) is -19.2. The molecule has 0 saturated heterocycles. The van der Waals surface area contributed by atoms with Crippen molar-refractivity contribution < 1.29 is 48.7 Å². The number of nitrogens with one attached hydrogen (secondary N) is 1. The second kappa shape index (κ2) is 7.38. The average Bonchev–Trinajstić information content (AvgIpc) is 2.93. The number of carbonyl (C=O) groups is 1. The molecule has 0 fully saturated rings. The van der Waals surface area contributed by atoms with E-state index in [1.807, 2.05) is 0 Å². The standard InChI is InChI=1S/C14H5ClF10N2OS/c15-6-3-1-2-5(4-6)9(28)26-10-27-11(13(20,21)22,14(23,24)25)8(29-10)7(16)12(17,18)19/h1-4H,(H,26,27,28). The Morgan fingerprint density at radius 3 is 2.03 bits per heavy atom. The Kier molecular flexibility index (Phi) is 5.93. The van der Waals surface area contributed by atoms with E-state index >= 15 is 0 Å². The lowest BCUT2D eigenvalue weighted by Gasteiger charge is -2.31. The average molecular weight is 475 g/mol. The summed E-state index contributed by atoms with van der Waals surface area (Å²) >= 11 is 4.65. The van der Waals surface area contributed by atoms with Gasteiger partial charge in [-0.05, 0) is 18.2 Å². The molecule has 0 unspecified atom stereocenters. The zero-order valence-corrected chi connectivity index (χ0v) is 14.8. The minimum Gasteiger partial charge on any atom is -0.301 e. The molecule has 0 aliphatic carbocycles. The van der Waals surface area contributed by atoms with Gasteiger partial charge in [-0.1, -0.05) is 29.4 Å². The Morgan fingerprint density at radius 1 is 1.03 bits per heavy atom. The molecule has 0 atom stereocenters. The molecule has 1 aliphatic heterocycles. The van der Waals surface area contributed by atoms with Crippen LogP contribution in [0.25, 0.3) is 0 Å². The molecule has 1 aromatic rings. The van der Waals surface area contributed by atoms with Crippen molar-refractivity contribution in [1.82, 2.24) is 5.32 Å². The number of amidine groups is 1. The van der Waals surface area contributed by atoms with Crippen molar-refractivity contribution in [3.05, 3.63) is 45.6 Å². The first-order valence-electron chi connectivity index (χ1n) is 6.96. The van der Waals surface area contributed by atoms with E-state index in [2.05, 4.69) is 4.99 Å². The highest BCUT2D eigenvalue weighted by atomic mass is 35.5. The van der Waals surface area contributed by atoms with Crippen LogP contribution in [0.2, 0.25) is 5.02 Å². The molecule has 1 aliphatic rings. The molecule has 1 aromatic carbocycles. The number of benzene rings is 1. The molecule has 1 heterocycles. The zero-order valence-electron chi connectivity index (χ0n) is 13.2. The maximum atomic E-state index is 13.6. The second-order valence-corrected chi connectivity index (χ2v) is 6.77. The van der Waals surface area contributed by atoms with E-state index in [0.717, 1.165) is 12.1 Å². The van der Waals surface area contributed by atoms with Gasteiger partial charge in [0, 0.05) is 10.6 Å². The molecule has 0 saturated carbocycles. The second-order valence-electron chi connectivity index (χ2n) is 5.33. The molecule has 0 spiro atoms. The van der Waals surface area contributed by atoms with E-state index in [4.69, 9.17) is 11.6 Å². The fourth-order valence-electron chi connectivity index (χ4n) is 2.13. The van der Waals surface area contributed by atoms with Gasteiger partial charge in [0.15, 0.2) is 5.17 Å². The van der Waals surface area contributed by atoms with Gasteiger partial charge < -0.3 is 5.32 Å². The fourth-order valence-corrected chi connectivity index (χ4v) is 3.47. The molecule has 160 valence electrons. The number of rotatable bonds is 1. The molecule has 3 nitrogen and oxygen atoms in total. The summed E-state index contributed by atoms with van der Waals surface area (Å²) in [5.41, 5.74) is -5.89. The topological polar surface area (TPSA) is 41.5 Å². The van der Waals surface area contributed by atoms with E-state index in [0.29, 0.717) is 0 Å². The van der Waals surface area contributed by atoms with Crippen LogP contribution in [0, 0.1) is 0 Å². The SMILES string of the molecule is O=C(NC1=NC(C(F)(F)F)(C(F)(F)F)C(=C(F)C(F)(F)F)S1)c1cccc(Cl)c1. The molecule has 0 radical (unpaired) electrons. The van der Waals surface area contributed by atoms with Gasteiger partial charge >= 0.3 is 18.5 Å². The van der Waals surface area contributed by atoms with Crippen LogP contribution in [-0.4, -0.2) is 35.1 Å². The summed E-state index contributed by atoms with van der Waals surface area (Å²) in [5, 5.41) is -0.0495. The van der Waals surface area contributed by atoms with E-state index < -0.39 is 57.6 Å². The minimum absolute atomic E-state index is 0.0257. The monoisotopic (exact) mass is 474 g/mol. The van der Waals surface area contributed by atoms with Crippen LogP contribution in [0.1, 0.15) is 10.4 Å². The molecule has 1 amide bonds. The van der Waals surface area contributed by atoms with E-state index in [9.17, 15) is 48.7 Å². The number of hydrogen-bond acceptors (Lipinski definition) is 3. The summed E-state index contributed by atoms with van der Waals surface area (Å²) in [6.45, 7) is 0. The van der Waals surface area contributed by atoms with Crippen LogP contribution in [0.5, 0.6) is 0 Å². The Labute approximate surface area is 163 Å². The summed E-state index contributed by atoms with van der Waals surface area (Å²) in [5.74, 6) is -4.96. The van der Waals surface area contributed by atoms with Gasteiger partial charge in [-0.3, -0.25) is 4.79 Å². The van der Waals surface area contributed by atoms with Crippen LogP contribution in [-0.2, 0) is 0 Å². The van der Waals surface area contributed by atoms with Gasteiger partial charge in [0.1, 0.15) is 0 Å². The lowest BCUT2D eigenvalue weighted by molar-refractivity contribution is -0.280. The van der Waals surface area contributed by atoms with Gasteiger partial charge in [-0.15, -0.1) is 0 Å². The van der Waals surface area contributed by atoms with Crippen molar-refractivity contribution in [3.63, 3.8) is 0 Å². The molecule has 0 aromatic heterocycles. The third kappa shape index (κ3) is 4.32. The van der Waals surface area contributed by atoms with Gasteiger partial charge in [-0.2, -0.15) is 39.5 Å². The maximum absolute atomic E-state index is 13.6. The highest BCUT2D eigenvalue weighted by Gasteiger charge is 2.77. The maximum Gasteiger partial charge on any atom is 0.443 e. The van der Waals surface area contributed by atoms with Gasteiger partial charge in [-0.25, -0.2) is 9.38 Å². The number of aliphatic imine (C=N–C) groups is 1. The summed E-state index contributed by atoms with van der Waals surface area (Å²) in [7, 11) is 0. The summed E-state index contributed by atoms with van der Waals surface area (Å²) < 4.78 is 131. The minimum atomic E-state index is -6.50. The third-order valence-corrected chi connectivity index (χ3v) is 4.67. The van der Waals surface area contributed by atoms with Crippen LogP contribution in [0.4, 0.5) is 43.9 Å². The number of amides is 1. The molecule has 29 heavy (non-hydrogen) atoms. The third-order valence-electron chi connectivity index (χ3n) is 3.37. The predicted molar refractivity (Wildman–Crippen MR) is 83.0 cm³/mol. The number of thioether (sulfide) groups is 1. The number of alkyl halides is 9. The summed E-state index contributed by atoms with van der Waals surface area (Å²) in [6, 6.07) is 4.55.